The van der Waals surface area contributed by atoms with Crippen molar-refractivity contribution >= 4 is 17.3 Å². The quantitative estimate of drug-likeness (QED) is 0.806. The van der Waals surface area contributed by atoms with Crippen molar-refractivity contribution in [2.45, 2.75) is 12.5 Å². The van der Waals surface area contributed by atoms with E-state index in [9.17, 15) is 9.18 Å². The minimum Gasteiger partial charge on any atom is -0.383 e. The molecule has 0 saturated carbocycles. The van der Waals surface area contributed by atoms with Gasteiger partial charge in [0.05, 0.1) is 24.3 Å². The number of hydrogen-bond acceptors (Lipinski definition) is 4. The van der Waals surface area contributed by atoms with Crippen LogP contribution in [0, 0.1) is 11.7 Å². The number of benzene rings is 2. The smallest absolute Gasteiger partial charge is 0.225 e. The topological polar surface area (TPSA) is 44.8 Å². The highest BCUT2D eigenvalue weighted by Gasteiger charge is 2.41. The van der Waals surface area contributed by atoms with Crippen molar-refractivity contribution in [3.63, 3.8) is 0 Å². The van der Waals surface area contributed by atoms with E-state index >= 15 is 0 Å². The number of fused-ring (bicyclic) bond motifs is 3. The number of nitrogens with one attached hydrogen (secondary N) is 1. The number of methoxy groups -OCH3 is 1. The number of hydrogen-bond donors (Lipinski definition) is 1. The van der Waals surface area contributed by atoms with E-state index in [1.807, 2.05) is 24.3 Å². The molecule has 2 aliphatic heterocycles. The lowest BCUT2D eigenvalue weighted by atomic mass is 9.83. The summed E-state index contributed by atoms with van der Waals surface area (Å²) >= 11 is 0. The number of nitrogens with zero attached hydrogens (tertiary/aromatic N) is 2. The van der Waals surface area contributed by atoms with Crippen LogP contribution in [0.3, 0.4) is 0 Å². The van der Waals surface area contributed by atoms with Crippen molar-refractivity contribution in [1.29, 1.82) is 0 Å². The fourth-order valence-corrected chi connectivity index (χ4v) is 4.39. The van der Waals surface area contributed by atoms with E-state index in [2.05, 4.69) is 27.2 Å². The highest BCUT2D eigenvalue weighted by atomic mass is 19.1. The van der Waals surface area contributed by atoms with Crippen molar-refractivity contribution in [1.82, 2.24) is 5.32 Å². The van der Waals surface area contributed by atoms with Crippen LogP contribution < -0.4 is 15.1 Å². The molecule has 0 unspecified atom stereocenters. The molecule has 0 radical (unpaired) electrons. The van der Waals surface area contributed by atoms with Gasteiger partial charge in [0.2, 0.25) is 5.91 Å². The summed E-state index contributed by atoms with van der Waals surface area (Å²) in [6.45, 7) is 3.10. The van der Waals surface area contributed by atoms with Crippen LogP contribution in [0.25, 0.3) is 0 Å². The Morgan fingerprint density at radius 2 is 1.89 bits per heavy atom. The monoisotopic (exact) mass is 383 g/mol. The Labute approximate surface area is 165 Å². The van der Waals surface area contributed by atoms with Gasteiger partial charge in [-0.1, -0.05) is 30.3 Å². The standard InChI is InChI=1S/C22H26FN3O2/c1-28-13-10-24-22(27)17-14-16-6-2-4-8-19(16)26-12-11-25(15-21(17)26)20-9-5-3-7-18(20)23/h2-9,17,21H,10-15H2,1H3,(H,24,27)/t17-,21+/m0/s1. The third-order valence-corrected chi connectivity index (χ3v) is 5.76. The van der Waals surface area contributed by atoms with Gasteiger partial charge < -0.3 is 19.9 Å². The van der Waals surface area contributed by atoms with Crippen molar-refractivity contribution in [2.24, 2.45) is 5.92 Å². The molecule has 2 aromatic carbocycles. The van der Waals surface area contributed by atoms with E-state index in [0.717, 1.165) is 13.1 Å². The first-order valence-electron chi connectivity index (χ1n) is 9.79. The summed E-state index contributed by atoms with van der Waals surface area (Å²) in [6.07, 6.45) is 0.696. The first-order chi connectivity index (χ1) is 13.7. The fraction of sp³-hybridized carbons (Fsp3) is 0.409. The van der Waals surface area contributed by atoms with Crippen LogP contribution in [0.1, 0.15) is 5.56 Å². The van der Waals surface area contributed by atoms with Crippen LogP contribution in [0.2, 0.25) is 0 Å². The summed E-state index contributed by atoms with van der Waals surface area (Å²) in [7, 11) is 1.62. The summed E-state index contributed by atoms with van der Waals surface area (Å²) in [5, 5.41) is 3.00. The molecule has 5 nitrogen and oxygen atoms in total. The zero-order valence-corrected chi connectivity index (χ0v) is 16.1. The van der Waals surface area contributed by atoms with E-state index in [1.54, 1.807) is 13.2 Å². The van der Waals surface area contributed by atoms with Crippen LogP contribution in [0.15, 0.2) is 48.5 Å². The minimum atomic E-state index is -0.215. The minimum absolute atomic E-state index is 0.00537. The normalized spacial score (nSPS) is 21.1. The SMILES string of the molecule is COCCNC(=O)[C@H]1Cc2ccccc2N2CCN(c3ccccc3F)C[C@H]12. The largest absolute Gasteiger partial charge is 0.383 e. The molecular weight excluding hydrogens is 357 g/mol. The summed E-state index contributed by atoms with van der Waals surface area (Å²) in [6, 6.07) is 15.2. The predicted octanol–water partition coefficient (Wildman–Crippen LogP) is 2.46. The molecule has 1 saturated heterocycles. The van der Waals surface area contributed by atoms with E-state index in [-0.39, 0.29) is 23.7 Å². The van der Waals surface area contributed by atoms with E-state index in [4.69, 9.17) is 4.74 Å². The molecule has 0 aliphatic carbocycles. The van der Waals surface area contributed by atoms with Crippen molar-refractivity contribution in [3.8, 4) is 0 Å². The number of rotatable bonds is 5. The van der Waals surface area contributed by atoms with Crippen LogP contribution in [-0.4, -0.2) is 51.8 Å². The van der Waals surface area contributed by atoms with Gasteiger partial charge in [0.15, 0.2) is 0 Å². The third-order valence-electron chi connectivity index (χ3n) is 5.76. The van der Waals surface area contributed by atoms with E-state index < -0.39 is 0 Å². The average Bonchev–Trinajstić information content (AvgIpc) is 2.73. The van der Waals surface area contributed by atoms with Gasteiger partial charge in [0.1, 0.15) is 5.82 Å². The summed E-state index contributed by atoms with van der Waals surface area (Å²) in [5.41, 5.74) is 3.01. The molecule has 1 N–H and O–H groups in total. The highest BCUT2D eigenvalue weighted by Crippen LogP contribution is 2.37. The van der Waals surface area contributed by atoms with Crippen LogP contribution in [-0.2, 0) is 16.0 Å². The number of piperazine rings is 1. The predicted molar refractivity (Wildman–Crippen MR) is 108 cm³/mol. The lowest BCUT2D eigenvalue weighted by molar-refractivity contribution is -0.126. The second-order valence-corrected chi connectivity index (χ2v) is 7.38. The second-order valence-electron chi connectivity index (χ2n) is 7.38. The average molecular weight is 383 g/mol. The molecule has 1 amide bonds. The van der Waals surface area contributed by atoms with E-state index in [1.165, 1.54) is 17.3 Å². The molecule has 6 heteroatoms. The zero-order valence-electron chi connectivity index (χ0n) is 16.1. The summed E-state index contributed by atoms with van der Waals surface area (Å²) in [5.74, 6) is -0.355. The molecule has 0 bridgehead atoms. The molecular formula is C22H26FN3O2. The Morgan fingerprint density at radius 1 is 1.14 bits per heavy atom. The van der Waals surface area contributed by atoms with Crippen LogP contribution in [0.5, 0.6) is 0 Å². The third kappa shape index (κ3) is 3.56. The molecule has 4 rings (SSSR count). The second kappa shape index (κ2) is 8.19. The number of para-hydroxylation sites is 2. The molecule has 2 aliphatic rings. The molecule has 0 spiro atoms. The number of ether oxygens (including phenoxy) is 1. The number of carbonyl (C=O) groups is 1. The Kier molecular flexibility index (Phi) is 5.48. The first-order valence-corrected chi connectivity index (χ1v) is 9.79. The maximum atomic E-state index is 14.3. The molecule has 28 heavy (non-hydrogen) atoms. The first kappa shape index (κ1) is 18.7. The maximum Gasteiger partial charge on any atom is 0.225 e. The fourth-order valence-electron chi connectivity index (χ4n) is 4.39. The van der Waals surface area contributed by atoms with Gasteiger partial charge in [-0.3, -0.25) is 4.79 Å². The van der Waals surface area contributed by atoms with Gasteiger partial charge in [-0.25, -0.2) is 4.39 Å². The van der Waals surface area contributed by atoms with Gasteiger partial charge in [-0.2, -0.15) is 0 Å². The Balaban J connectivity index is 1.61. The highest BCUT2D eigenvalue weighted by molar-refractivity contribution is 5.82. The van der Waals surface area contributed by atoms with Crippen molar-refractivity contribution < 1.29 is 13.9 Å². The molecule has 2 atom stereocenters. The van der Waals surface area contributed by atoms with Crippen LogP contribution >= 0.6 is 0 Å². The van der Waals surface area contributed by atoms with Gasteiger partial charge in [0, 0.05) is 39.0 Å². The number of halogens is 1. The van der Waals surface area contributed by atoms with Gasteiger partial charge >= 0.3 is 0 Å². The lowest BCUT2D eigenvalue weighted by Gasteiger charge is -2.49. The lowest BCUT2D eigenvalue weighted by Crippen LogP contribution is -2.61. The number of carbonyl (C=O) groups excluding carboxylic acids is 1. The Hall–Kier alpha value is -2.60. The Morgan fingerprint density at radius 3 is 2.68 bits per heavy atom. The van der Waals surface area contributed by atoms with Gasteiger partial charge in [0.25, 0.3) is 0 Å². The molecule has 2 aromatic rings. The molecule has 0 aromatic heterocycles. The van der Waals surface area contributed by atoms with Crippen molar-refractivity contribution in [3.05, 3.63) is 59.9 Å². The molecule has 2 heterocycles. The van der Waals surface area contributed by atoms with Crippen molar-refractivity contribution in [2.75, 3.05) is 49.7 Å². The summed E-state index contributed by atoms with van der Waals surface area (Å²) in [4.78, 5) is 17.4. The number of anilines is 2. The summed E-state index contributed by atoms with van der Waals surface area (Å²) < 4.78 is 19.4. The van der Waals surface area contributed by atoms with E-state index in [0.29, 0.717) is 31.8 Å². The van der Waals surface area contributed by atoms with Crippen LogP contribution in [0.4, 0.5) is 15.8 Å². The van der Waals surface area contributed by atoms with Gasteiger partial charge in [-0.05, 0) is 30.2 Å². The molecule has 1 fully saturated rings. The number of amides is 1. The maximum absolute atomic E-state index is 14.3. The molecule has 148 valence electrons. The Bertz CT molecular complexity index is 844. The zero-order chi connectivity index (χ0) is 19.5. The van der Waals surface area contributed by atoms with Gasteiger partial charge in [-0.15, -0.1) is 0 Å².